The van der Waals surface area contributed by atoms with Crippen molar-refractivity contribution in [3.8, 4) is 0 Å². The Morgan fingerprint density at radius 3 is 2.92 bits per heavy atom. The minimum absolute atomic E-state index is 0.305. The van der Waals surface area contributed by atoms with Gasteiger partial charge in [-0.1, -0.05) is 22.0 Å². The van der Waals surface area contributed by atoms with Crippen LogP contribution in [0.5, 0.6) is 0 Å². The first kappa shape index (κ1) is 11.1. The van der Waals surface area contributed by atoms with Gasteiger partial charge >= 0.3 is 0 Å². The molecule has 13 heavy (non-hydrogen) atoms. The molecule has 0 saturated carbocycles. The molecule has 0 radical (unpaired) electrons. The smallest absolute Gasteiger partial charge is 0.0186 e. The van der Waals surface area contributed by atoms with Crippen molar-refractivity contribution in [1.29, 1.82) is 0 Å². The van der Waals surface area contributed by atoms with Gasteiger partial charge in [-0.25, -0.2) is 0 Å². The molecule has 3 heteroatoms. The Morgan fingerprint density at radius 1 is 1.54 bits per heavy atom. The molecular weight excluding hydrogens is 246 g/mol. The summed E-state index contributed by atoms with van der Waals surface area (Å²) in [4.78, 5) is 1.30. The number of hydrogen-bond acceptors (Lipinski definition) is 2. The van der Waals surface area contributed by atoms with E-state index in [4.69, 9.17) is 5.73 Å². The third kappa shape index (κ3) is 4.69. The van der Waals surface area contributed by atoms with E-state index in [0.29, 0.717) is 6.04 Å². The minimum atomic E-state index is 0.305. The summed E-state index contributed by atoms with van der Waals surface area (Å²) in [6.45, 7) is 2.04. The summed E-state index contributed by atoms with van der Waals surface area (Å²) in [5.74, 6) is 1.09. The normalized spacial score (nSPS) is 12.8. The molecular formula is C10H14BrNS. The molecule has 0 fully saturated rings. The van der Waals surface area contributed by atoms with Gasteiger partial charge in [0.1, 0.15) is 0 Å². The van der Waals surface area contributed by atoms with Crippen LogP contribution in [0.1, 0.15) is 13.3 Å². The molecule has 1 atom stereocenters. The fourth-order valence-corrected chi connectivity index (χ4v) is 2.58. The quantitative estimate of drug-likeness (QED) is 0.841. The fraction of sp³-hybridized carbons (Fsp3) is 0.400. The van der Waals surface area contributed by atoms with Gasteiger partial charge < -0.3 is 5.73 Å². The average Bonchev–Trinajstić information content (AvgIpc) is 2.03. The largest absolute Gasteiger partial charge is 0.328 e. The Labute approximate surface area is 92.2 Å². The van der Waals surface area contributed by atoms with Gasteiger partial charge in [0.2, 0.25) is 0 Å². The lowest BCUT2D eigenvalue weighted by Gasteiger charge is -2.04. The summed E-state index contributed by atoms with van der Waals surface area (Å²) in [5, 5.41) is 0. The summed E-state index contributed by atoms with van der Waals surface area (Å²) in [6.07, 6.45) is 1.07. The van der Waals surface area contributed by atoms with Gasteiger partial charge in [-0.05, 0) is 37.3 Å². The lowest BCUT2D eigenvalue weighted by Crippen LogP contribution is -2.15. The molecule has 0 amide bonds. The van der Waals surface area contributed by atoms with Crippen LogP contribution < -0.4 is 5.73 Å². The molecule has 0 saturated heterocycles. The van der Waals surface area contributed by atoms with E-state index in [2.05, 4.69) is 34.1 Å². The molecule has 0 aliphatic rings. The Balaban J connectivity index is 2.37. The monoisotopic (exact) mass is 259 g/mol. The standard InChI is InChI=1S/C10H14BrNS/c1-8(12)5-6-13-10-4-2-3-9(11)7-10/h2-4,7-8H,5-6,12H2,1H3. The number of rotatable bonds is 4. The number of nitrogens with two attached hydrogens (primary N) is 1. The molecule has 0 bridgehead atoms. The summed E-state index contributed by atoms with van der Waals surface area (Å²) in [7, 11) is 0. The van der Waals surface area contributed by atoms with Crippen LogP contribution in [0.2, 0.25) is 0 Å². The Bertz CT molecular complexity index is 263. The highest BCUT2D eigenvalue weighted by Gasteiger charge is 1.97. The Hall–Kier alpha value is 0.01000. The number of halogens is 1. The second-order valence-corrected chi connectivity index (χ2v) is 5.16. The van der Waals surface area contributed by atoms with E-state index >= 15 is 0 Å². The summed E-state index contributed by atoms with van der Waals surface area (Å²) in [5.41, 5.74) is 5.66. The van der Waals surface area contributed by atoms with Crippen LogP contribution >= 0.6 is 27.7 Å². The van der Waals surface area contributed by atoms with Gasteiger partial charge in [0.25, 0.3) is 0 Å². The van der Waals surface area contributed by atoms with E-state index in [0.717, 1.165) is 16.6 Å². The lowest BCUT2D eigenvalue weighted by atomic mass is 10.3. The molecule has 1 nitrogen and oxygen atoms in total. The van der Waals surface area contributed by atoms with Crippen molar-refractivity contribution in [3.63, 3.8) is 0 Å². The molecule has 0 spiro atoms. The molecule has 0 aliphatic carbocycles. The van der Waals surface area contributed by atoms with Crippen LogP contribution in [-0.4, -0.2) is 11.8 Å². The number of benzene rings is 1. The molecule has 72 valence electrons. The van der Waals surface area contributed by atoms with Gasteiger partial charge in [-0.3, -0.25) is 0 Å². The summed E-state index contributed by atoms with van der Waals surface area (Å²) in [6, 6.07) is 8.65. The van der Waals surface area contributed by atoms with Crippen LogP contribution in [0.3, 0.4) is 0 Å². The molecule has 1 unspecified atom stereocenters. The zero-order valence-electron chi connectivity index (χ0n) is 7.66. The summed E-state index contributed by atoms with van der Waals surface area (Å²) >= 11 is 5.30. The molecule has 1 rings (SSSR count). The van der Waals surface area contributed by atoms with Gasteiger partial charge in [0.05, 0.1) is 0 Å². The van der Waals surface area contributed by atoms with Crippen LogP contribution in [0.25, 0.3) is 0 Å². The van der Waals surface area contributed by atoms with Gasteiger partial charge in [0.15, 0.2) is 0 Å². The highest BCUT2D eigenvalue weighted by atomic mass is 79.9. The third-order valence-electron chi connectivity index (χ3n) is 1.64. The van der Waals surface area contributed by atoms with E-state index in [-0.39, 0.29) is 0 Å². The third-order valence-corrected chi connectivity index (χ3v) is 3.16. The van der Waals surface area contributed by atoms with E-state index in [1.807, 2.05) is 24.8 Å². The van der Waals surface area contributed by atoms with Crippen molar-refractivity contribution in [2.45, 2.75) is 24.3 Å². The maximum atomic E-state index is 5.66. The van der Waals surface area contributed by atoms with Crippen LogP contribution in [-0.2, 0) is 0 Å². The van der Waals surface area contributed by atoms with E-state index in [1.165, 1.54) is 4.90 Å². The molecule has 2 N–H and O–H groups in total. The predicted molar refractivity (Wildman–Crippen MR) is 63.1 cm³/mol. The van der Waals surface area contributed by atoms with Crippen molar-refractivity contribution in [1.82, 2.24) is 0 Å². The van der Waals surface area contributed by atoms with Crippen LogP contribution in [0.15, 0.2) is 33.6 Å². The van der Waals surface area contributed by atoms with E-state index < -0.39 is 0 Å². The SMILES string of the molecule is CC(N)CCSc1cccc(Br)c1. The molecule has 1 aromatic rings. The molecule has 0 heterocycles. The highest BCUT2D eigenvalue weighted by Crippen LogP contribution is 2.22. The zero-order chi connectivity index (χ0) is 9.68. The van der Waals surface area contributed by atoms with Gasteiger partial charge in [-0.2, -0.15) is 0 Å². The topological polar surface area (TPSA) is 26.0 Å². The number of hydrogen-bond donors (Lipinski definition) is 1. The lowest BCUT2D eigenvalue weighted by molar-refractivity contribution is 0.721. The van der Waals surface area contributed by atoms with Crippen molar-refractivity contribution in [2.75, 3.05) is 5.75 Å². The van der Waals surface area contributed by atoms with Crippen molar-refractivity contribution in [3.05, 3.63) is 28.7 Å². The van der Waals surface area contributed by atoms with E-state index in [1.54, 1.807) is 0 Å². The molecule has 0 aromatic heterocycles. The first-order valence-electron chi connectivity index (χ1n) is 4.32. The average molecular weight is 260 g/mol. The Kier molecular flexibility index (Phi) is 4.84. The first-order valence-corrected chi connectivity index (χ1v) is 6.10. The van der Waals surface area contributed by atoms with Crippen molar-refractivity contribution >= 4 is 27.7 Å². The maximum Gasteiger partial charge on any atom is 0.0186 e. The number of thioether (sulfide) groups is 1. The fourth-order valence-electron chi connectivity index (χ4n) is 0.919. The molecule has 0 aliphatic heterocycles. The maximum absolute atomic E-state index is 5.66. The van der Waals surface area contributed by atoms with Crippen LogP contribution in [0.4, 0.5) is 0 Å². The zero-order valence-corrected chi connectivity index (χ0v) is 10.1. The second kappa shape index (κ2) is 5.68. The van der Waals surface area contributed by atoms with Crippen molar-refractivity contribution in [2.24, 2.45) is 5.73 Å². The summed E-state index contributed by atoms with van der Waals surface area (Å²) < 4.78 is 1.14. The Morgan fingerprint density at radius 2 is 2.31 bits per heavy atom. The van der Waals surface area contributed by atoms with Crippen LogP contribution in [0, 0.1) is 0 Å². The predicted octanol–water partition coefficient (Wildman–Crippen LogP) is 3.28. The molecule has 1 aromatic carbocycles. The second-order valence-electron chi connectivity index (χ2n) is 3.07. The first-order chi connectivity index (χ1) is 6.18. The van der Waals surface area contributed by atoms with Gasteiger partial charge in [0, 0.05) is 15.4 Å². The highest BCUT2D eigenvalue weighted by molar-refractivity contribution is 9.10. The minimum Gasteiger partial charge on any atom is -0.328 e. The van der Waals surface area contributed by atoms with Crippen molar-refractivity contribution < 1.29 is 0 Å². The van der Waals surface area contributed by atoms with E-state index in [9.17, 15) is 0 Å². The van der Waals surface area contributed by atoms with Gasteiger partial charge in [-0.15, -0.1) is 11.8 Å².